The van der Waals surface area contributed by atoms with Crippen molar-refractivity contribution in [1.29, 1.82) is 0 Å². The predicted octanol–water partition coefficient (Wildman–Crippen LogP) is 0.0882. The third-order valence-corrected chi connectivity index (χ3v) is 3.37. The molecule has 0 aliphatic carbocycles. The second kappa shape index (κ2) is 4.37. The lowest BCUT2D eigenvalue weighted by atomic mass is 10.2. The van der Waals surface area contributed by atoms with Crippen molar-refractivity contribution in [3.63, 3.8) is 0 Å². The van der Waals surface area contributed by atoms with Gasteiger partial charge in [-0.3, -0.25) is 0 Å². The number of hydrogen-bond acceptors (Lipinski definition) is 6. The van der Waals surface area contributed by atoms with Crippen LogP contribution in [-0.4, -0.2) is 48.8 Å². The van der Waals surface area contributed by atoms with Crippen molar-refractivity contribution in [3.05, 3.63) is 18.5 Å². The molecule has 2 heterocycles. The van der Waals surface area contributed by atoms with Crippen LogP contribution >= 0.6 is 0 Å². The van der Waals surface area contributed by atoms with Crippen molar-refractivity contribution in [2.45, 2.75) is 24.9 Å². The number of imidazole rings is 1. The lowest BCUT2D eigenvalue weighted by molar-refractivity contribution is -0.0430. The van der Waals surface area contributed by atoms with E-state index in [2.05, 4.69) is 4.98 Å². The Kier molecular flexibility index (Phi) is 2.81. The molecule has 0 radical (unpaired) electrons. The van der Waals surface area contributed by atoms with E-state index in [1.807, 2.05) is 0 Å². The lowest BCUT2D eigenvalue weighted by Gasteiger charge is -2.14. The zero-order valence-electron chi connectivity index (χ0n) is 9.97. The Bertz CT molecular complexity index is 611. The van der Waals surface area contributed by atoms with Crippen molar-refractivity contribution in [2.75, 3.05) is 6.61 Å². The van der Waals surface area contributed by atoms with Gasteiger partial charge in [0.25, 0.3) is 0 Å². The van der Waals surface area contributed by atoms with Gasteiger partial charge in [-0.1, -0.05) is 0 Å². The average Bonchev–Trinajstić information content (AvgIpc) is 2.93. The maximum Gasteiger partial charge on any atom is 0.159 e. The van der Waals surface area contributed by atoms with Gasteiger partial charge in [-0.05, 0) is 0 Å². The summed E-state index contributed by atoms with van der Waals surface area (Å²) in [4.78, 5) is 4.11. The first-order valence-corrected chi connectivity index (χ1v) is 5.93. The molecule has 0 spiro atoms. The number of aliphatic hydroxyl groups is 2. The summed E-state index contributed by atoms with van der Waals surface area (Å²) in [5.41, 5.74) is 1.10. The Morgan fingerprint density at radius 3 is 2.74 bits per heavy atom. The Labute approximate surface area is 108 Å². The number of phenolic OH excluding ortho intramolecular Hbond substituents is 2. The minimum absolute atomic E-state index is 0.238. The molecule has 1 aliphatic rings. The second-order valence-electron chi connectivity index (χ2n) is 4.60. The molecule has 102 valence electrons. The van der Waals surface area contributed by atoms with Crippen LogP contribution in [-0.2, 0) is 4.74 Å². The number of aromatic hydroxyl groups is 2. The van der Waals surface area contributed by atoms with Gasteiger partial charge >= 0.3 is 0 Å². The van der Waals surface area contributed by atoms with E-state index in [4.69, 9.17) is 9.84 Å². The molecule has 1 aliphatic heterocycles. The van der Waals surface area contributed by atoms with Crippen LogP contribution in [0.2, 0.25) is 0 Å². The predicted molar refractivity (Wildman–Crippen MR) is 64.7 cm³/mol. The Hall–Kier alpha value is -1.83. The SMILES string of the molecule is OCC1O[C@@H](n2cnc3cc(O)c(O)cc32)CC1O. The largest absolute Gasteiger partial charge is 0.504 e. The average molecular weight is 266 g/mol. The maximum atomic E-state index is 9.72. The summed E-state index contributed by atoms with van der Waals surface area (Å²) >= 11 is 0. The molecule has 1 fully saturated rings. The quantitative estimate of drug-likeness (QED) is 0.574. The minimum atomic E-state index is -0.738. The van der Waals surface area contributed by atoms with E-state index < -0.39 is 18.4 Å². The van der Waals surface area contributed by atoms with E-state index in [1.54, 1.807) is 4.57 Å². The van der Waals surface area contributed by atoms with Gasteiger partial charge in [0, 0.05) is 18.6 Å². The normalized spacial score (nSPS) is 27.2. The van der Waals surface area contributed by atoms with Gasteiger partial charge in [-0.2, -0.15) is 0 Å². The molecule has 0 saturated carbocycles. The highest BCUT2D eigenvalue weighted by Crippen LogP contribution is 2.34. The molecule has 3 rings (SSSR count). The van der Waals surface area contributed by atoms with Crippen molar-refractivity contribution >= 4 is 11.0 Å². The molecular weight excluding hydrogens is 252 g/mol. The Balaban J connectivity index is 2.00. The molecule has 1 aromatic heterocycles. The molecule has 7 heteroatoms. The van der Waals surface area contributed by atoms with Crippen LogP contribution in [0.4, 0.5) is 0 Å². The van der Waals surface area contributed by atoms with Crippen molar-refractivity contribution in [2.24, 2.45) is 0 Å². The molecule has 2 aromatic rings. The van der Waals surface area contributed by atoms with Crippen LogP contribution < -0.4 is 0 Å². The number of hydrogen-bond donors (Lipinski definition) is 4. The van der Waals surface area contributed by atoms with Crippen LogP contribution in [0, 0.1) is 0 Å². The van der Waals surface area contributed by atoms with Crippen molar-refractivity contribution < 1.29 is 25.2 Å². The summed E-state index contributed by atoms with van der Waals surface area (Å²) in [6.07, 6.45) is 0.0337. The molecule has 1 aromatic carbocycles. The van der Waals surface area contributed by atoms with Gasteiger partial charge in [0.15, 0.2) is 11.5 Å². The maximum absolute atomic E-state index is 9.72. The molecule has 19 heavy (non-hydrogen) atoms. The first-order chi connectivity index (χ1) is 9.10. The van der Waals surface area contributed by atoms with Crippen LogP contribution in [0.15, 0.2) is 18.5 Å². The standard InChI is InChI=1S/C12H14N2O5/c15-4-11-10(18)3-12(19-11)14-5-13-6-1-8(16)9(17)2-7(6)14/h1-2,5,10-12,15-18H,3-4H2/t10?,11?,12-/m1/s1. The molecular formula is C12H14N2O5. The Morgan fingerprint density at radius 1 is 1.32 bits per heavy atom. The van der Waals surface area contributed by atoms with E-state index in [0.717, 1.165) is 0 Å². The smallest absolute Gasteiger partial charge is 0.159 e. The second-order valence-corrected chi connectivity index (χ2v) is 4.60. The third-order valence-electron chi connectivity index (χ3n) is 3.37. The Morgan fingerprint density at radius 2 is 2.05 bits per heavy atom. The number of aromatic nitrogens is 2. The summed E-state index contributed by atoms with van der Waals surface area (Å²) in [6.45, 7) is -0.254. The number of rotatable bonds is 2. The van der Waals surface area contributed by atoms with E-state index >= 15 is 0 Å². The zero-order chi connectivity index (χ0) is 13.6. The fourth-order valence-electron chi connectivity index (χ4n) is 2.33. The van der Waals surface area contributed by atoms with Gasteiger partial charge in [0.05, 0.1) is 30.1 Å². The van der Waals surface area contributed by atoms with Crippen LogP contribution in [0.25, 0.3) is 11.0 Å². The van der Waals surface area contributed by atoms with E-state index in [9.17, 15) is 15.3 Å². The van der Waals surface area contributed by atoms with E-state index in [-0.39, 0.29) is 18.1 Å². The number of benzene rings is 1. The summed E-state index contributed by atoms with van der Waals surface area (Å²) < 4.78 is 7.18. The summed E-state index contributed by atoms with van der Waals surface area (Å²) in [6, 6.07) is 2.75. The van der Waals surface area contributed by atoms with E-state index in [1.165, 1.54) is 18.5 Å². The van der Waals surface area contributed by atoms with Crippen molar-refractivity contribution in [3.8, 4) is 11.5 Å². The monoisotopic (exact) mass is 266 g/mol. The lowest BCUT2D eigenvalue weighted by Crippen LogP contribution is -2.24. The van der Waals surface area contributed by atoms with Gasteiger partial charge in [-0.25, -0.2) is 4.98 Å². The number of aliphatic hydroxyl groups excluding tert-OH is 2. The molecule has 4 N–H and O–H groups in total. The number of ether oxygens (including phenoxy) is 1. The molecule has 2 unspecified atom stereocenters. The van der Waals surface area contributed by atoms with Gasteiger partial charge in [-0.15, -0.1) is 0 Å². The first-order valence-electron chi connectivity index (χ1n) is 5.93. The van der Waals surface area contributed by atoms with E-state index in [0.29, 0.717) is 17.5 Å². The van der Waals surface area contributed by atoms with Crippen LogP contribution in [0.1, 0.15) is 12.6 Å². The molecule has 7 nitrogen and oxygen atoms in total. The molecule has 3 atom stereocenters. The van der Waals surface area contributed by atoms with Crippen molar-refractivity contribution in [1.82, 2.24) is 9.55 Å². The highest BCUT2D eigenvalue weighted by atomic mass is 16.5. The van der Waals surface area contributed by atoms with Gasteiger partial charge in [0.1, 0.15) is 12.3 Å². The fourth-order valence-corrected chi connectivity index (χ4v) is 2.33. The highest BCUT2D eigenvalue weighted by molar-refractivity contribution is 5.79. The van der Waals surface area contributed by atoms with Crippen LogP contribution in [0.3, 0.4) is 0 Å². The summed E-state index contributed by atoms with van der Waals surface area (Å²) in [5.74, 6) is -0.482. The topological polar surface area (TPSA) is 108 Å². The summed E-state index contributed by atoms with van der Waals surface area (Å²) in [5, 5.41) is 37.7. The molecule has 1 saturated heterocycles. The van der Waals surface area contributed by atoms with Crippen LogP contribution in [0.5, 0.6) is 11.5 Å². The number of phenols is 2. The van der Waals surface area contributed by atoms with Gasteiger partial charge in [0.2, 0.25) is 0 Å². The first kappa shape index (κ1) is 12.2. The minimum Gasteiger partial charge on any atom is -0.504 e. The molecule has 0 amide bonds. The highest BCUT2D eigenvalue weighted by Gasteiger charge is 2.35. The van der Waals surface area contributed by atoms with Gasteiger partial charge < -0.3 is 29.7 Å². The fraction of sp³-hybridized carbons (Fsp3) is 0.417. The summed E-state index contributed by atoms with van der Waals surface area (Å²) in [7, 11) is 0. The zero-order valence-corrected chi connectivity index (χ0v) is 9.97. The number of fused-ring (bicyclic) bond motifs is 1. The number of nitrogens with zero attached hydrogens (tertiary/aromatic N) is 2. The third kappa shape index (κ3) is 1.92. The molecule has 0 bridgehead atoms.